The zero-order chi connectivity index (χ0) is 11.6. The van der Waals surface area contributed by atoms with Gasteiger partial charge >= 0.3 is 0 Å². The molecule has 5 heteroatoms. The minimum atomic E-state index is 0.166. The number of benzene rings is 1. The summed E-state index contributed by atoms with van der Waals surface area (Å²) < 4.78 is 0. The van der Waals surface area contributed by atoms with E-state index in [4.69, 9.17) is 46.4 Å². The Morgan fingerprint density at radius 2 is 1.19 bits per heavy atom. The van der Waals surface area contributed by atoms with Crippen LogP contribution in [0.3, 0.4) is 0 Å². The fourth-order valence-corrected chi connectivity index (χ4v) is 3.60. The van der Waals surface area contributed by atoms with Crippen LogP contribution in [0.1, 0.15) is 23.2 Å². The molecule has 2 bridgehead atoms. The van der Waals surface area contributed by atoms with E-state index in [-0.39, 0.29) is 12.1 Å². The minimum absolute atomic E-state index is 0.166. The summed E-state index contributed by atoms with van der Waals surface area (Å²) in [4.78, 5) is 2.19. The van der Waals surface area contributed by atoms with Gasteiger partial charge in [0.15, 0.2) is 0 Å². The summed E-state index contributed by atoms with van der Waals surface area (Å²) in [6.07, 6.45) is 4.22. The second kappa shape index (κ2) is 3.54. The van der Waals surface area contributed by atoms with Gasteiger partial charge in [-0.1, -0.05) is 58.6 Å². The molecule has 0 amide bonds. The zero-order valence-electron chi connectivity index (χ0n) is 8.27. The summed E-state index contributed by atoms with van der Waals surface area (Å²) in [5, 5.41) is 1.74. The summed E-state index contributed by atoms with van der Waals surface area (Å²) >= 11 is 24.6. The smallest absolute Gasteiger partial charge is 0.0797 e. The van der Waals surface area contributed by atoms with Crippen LogP contribution in [0.15, 0.2) is 12.2 Å². The van der Waals surface area contributed by atoms with Crippen molar-refractivity contribution in [3.63, 3.8) is 0 Å². The molecule has 0 fully saturated rings. The van der Waals surface area contributed by atoms with Crippen LogP contribution in [0.4, 0.5) is 0 Å². The average Bonchev–Trinajstić information content (AvgIpc) is 2.77. The summed E-state index contributed by atoms with van der Waals surface area (Å²) in [5.41, 5.74) is 1.99. The predicted molar refractivity (Wildman–Crippen MR) is 68.9 cm³/mol. The highest BCUT2D eigenvalue weighted by Crippen LogP contribution is 2.56. The number of rotatable bonds is 0. The van der Waals surface area contributed by atoms with Crippen LogP contribution in [-0.2, 0) is 0 Å². The Hall–Kier alpha value is 0.0800. The summed E-state index contributed by atoms with van der Waals surface area (Å²) in [6.45, 7) is 0. The molecule has 0 aromatic heterocycles. The average molecular weight is 295 g/mol. The van der Waals surface area contributed by atoms with Crippen molar-refractivity contribution in [3.05, 3.63) is 43.4 Å². The lowest BCUT2D eigenvalue weighted by molar-refractivity contribution is 0.299. The van der Waals surface area contributed by atoms with Gasteiger partial charge in [-0.25, -0.2) is 0 Å². The Kier molecular flexibility index (Phi) is 2.47. The van der Waals surface area contributed by atoms with Crippen LogP contribution in [0.5, 0.6) is 0 Å². The number of likely N-dealkylation sites (N-methyl/N-ethyl adjacent to an activating group) is 1. The van der Waals surface area contributed by atoms with Gasteiger partial charge in [0.2, 0.25) is 0 Å². The molecule has 2 aliphatic heterocycles. The van der Waals surface area contributed by atoms with E-state index in [1.807, 2.05) is 7.05 Å². The van der Waals surface area contributed by atoms with Crippen molar-refractivity contribution in [2.45, 2.75) is 12.1 Å². The maximum Gasteiger partial charge on any atom is 0.0797 e. The second-order valence-corrected chi connectivity index (χ2v) is 5.54. The molecule has 1 aromatic rings. The minimum Gasteiger partial charge on any atom is -0.285 e. The molecule has 0 unspecified atom stereocenters. The molecule has 2 aliphatic rings. The van der Waals surface area contributed by atoms with Gasteiger partial charge in [-0.15, -0.1) is 0 Å². The largest absolute Gasteiger partial charge is 0.285 e. The molecule has 0 radical (unpaired) electrons. The van der Waals surface area contributed by atoms with E-state index < -0.39 is 0 Å². The third-order valence-corrected chi connectivity index (χ3v) is 5.12. The molecule has 3 rings (SSSR count). The number of hydrogen-bond donors (Lipinski definition) is 0. The lowest BCUT2D eigenvalue weighted by Crippen LogP contribution is -2.13. The quantitative estimate of drug-likeness (QED) is 0.374. The first-order valence-electron chi connectivity index (χ1n) is 4.80. The number of hydrogen-bond acceptors (Lipinski definition) is 1. The topological polar surface area (TPSA) is 3.24 Å². The van der Waals surface area contributed by atoms with E-state index in [1.54, 1.807) is 0 Å². The summed E-state index contributed by atoms with van der Waals surface area (Å²) in [7, 11) is 2.03. The highest BCUT2D eigenvalue weighted by atomic mass is 35.5. The number of nitrogens with zero attached hydrogens (tertiary/aromatic N) is 1. The lowest BCUT2D eigenvalue weighted by Gasteiger charge is -2.15. The zero-order valence-corrected chi connectivity index (χ0v) is 11.3. The van der Waals surface area contributed by atoms with Crippen LogP contribution in [-0.4, -0.2) is 11.9 Å². The molecular formula is C11H7Cl4N. The highest BCUT2D eigenvalue weighted by molar-refractivity contribution is 6.52. The van der Waals surface area contributed by atoms with Gasteiger partial charge < -0.3 is 0 Å². The van der Waals surface area contributed by atoms with Gasteiger partial charge in [0, 0.05) is 0 Å². The molecular weight excluding hydrogens is 288 g/mol. The molecule has 0 spiro atoms. The lowest BCUT2D eigenvalue weighted by atomic mass is 9.97. The van der Waals surface area contributed by atoms with Crippen LogP contribution in [0.25, 0.3) is 0 Å². The Morgan fingerprint density at radius 3 is 1.56 bits per heavy atom. The highest BCUT2D eigenvalue weighted by Gasteiger charge is 2.42. The first kappa shape index (κ1) is 11.2. The maximum absolute atomic E-state index is 6.24. The van der Waals surface area contributed by atoms with E-state index in [0.29, 0.717) is 20.1 Å². The van der Waals surface area contributed by atoms with Crippen molar-refractivity contribution in [1.82, 2.24) is 4.90 Å². The predicted octanol–water partition coefficient (Wildman–Crippen LogP) is 4.90. The van der Waals surface area contributed by atoms with Gasteiger partial charge in [0.25, 0.3) is 0 Å². The molecule has 1 aromatic carbocycles. The van der Waals surface area contributed by atoms with Gasteiger partial charge in [-0.05, 0) is 18.2 Å². The standard InChI is InChI=1S/C11H7Cl4N/c1-16-4-2-3-5(16)7-6(4)8(12)10(14)11(15)9(7)13/h2-5H,1H3/t4-,5+. The van der Waals surface area contributed by atoms with E-state index in [0.717, 1.165) is 11.1 Å². The van der Waals surface area contributed by atoms with Gasteiger partial charge in [-0.3, -0.25) is 4.90 Å². The van der Waals surface area contributed by atoms with Crippen LogP contribution in [0.2, 0.25) is 20.1 Å². The van der Waals surface area contributed by atoms with Crippen molar-refractivity contribution >= 4 is 46.4 Å². The Bertz CT molecular complexity index is 478. The SMILES string of the molecule is CN1[C@@H]2C=C[C@H]1c1c(Cl)c(Cl)c(Cl)c(Cl)c12. The van der Waals surface area contributed by atoms with Gasteiger partial charge in [-0.2, -0.15) is 0 Å². The molecule has 0 saturated heterocycles. The number of fused-ring (bicyclic) bond motifs is 5. The molecule has 84 valence electrons. The monoisotopic (exact) mass is 293 g/mol. The third kappa shape index (κ3) is 1.19. The molecule has 2 heterocycles. The van der Waals surface area contributed by atoms with Gasteiger partial charge in [0.05, 0.1) is 32.2 Å². The van der Waals surface area contributed by atoms with Crippen LogP contribution >= 0.6 is 46.4 Å². The molecule has 16 heavy (non-hydrogen) atoms. The second-order valence-electron chi connectivity index (χ2n) is 4.02. The number of halogens is 4. The maximum atomic E-state index is 6.24. The first-order valence-corrected chi connectivity index (χ1v) is 6.31. The van der Waals surface area contributed by atoms with E-state index in [9.17, 15) is 0 Å². The molecule has 0 aliphatic carbocycles. The third-order valence-electron chi connectivity index (χ3n) is 3.29. The molecule has 2 atom stereocenters. The Labute approximate surface area is 114 Å². The van der Waals surface area contributed by atoms with Crippen molar-refractivity contribution < 1.29 is 0 Å². The van der Waals surface area contributed by atoms with Crippen molar-refractivity contribution in [1.29, 1.82) is 0 Å². The summed E-state index contributed by atoms with van der Waals surface area (Å²) in [5.74, 6) is 0. The Morgan fingerprint density at radius 1 is 0.812 bits per heavy atom. The van der Waals surface area contributed by atoms with E-state index >= 15 is 0 Å². The molecule has 0 N–H and O–H groups in total. The molecule has 1 nitrogen and oxygen atoms in total. The van der Waals surface area contributed by atoms with E-state index in [2.05, 4.69) is 17.1 Å². The fourth-order valence-electron chi connectivity index (χ4n) is 2.50. The van der Waals surface area contributed by atoms with Crippen molar-refractivity contribution in [3.8, 4) is 0 Å². The Balaban J connectivity index is 2.37. The normalized spacial score (nSPS) is 26.6. The van der Waals surface area contributed by atoms with E-state index in [1.165, 1.54) is 0 Å². The van der Waals surface area contributed by atoms with Gasteiger partial charge in [0.1, 0.15) is 0 Å². The molecule has 0 saturated carbocycles. The fraction of sp³-hybridized carbons (Fsp3) is 0.273. The van der Waals surface area contributed by atoms with Crippen molar-refractivity contribution in [2.75, 3.05) is 7.05 Å². The van der Waals surface area contributed by atoms with Crippen molar-refractivity contribution in [2.24, 2.45) is 0 Å². The first-order chi connectivity index (χ1) is 7.54. The van der Waals surface area contributed by atoms with Crippen LogP contribution < -0.4 is 0 Å². The van der Waals surface area contributed by atoms with Crippen LogP contribution in [0, 0.1) is 0 Å². The summed E-state index contributed by atoms with van der Waals surface area (Å²) in [6, 6.07) is 0.333.